The van der Waals surface area contributed by atoms with Crippen molar-refractivity contribution >= 4 is 29.9 Å². The van der Waals surface area contributed by atoms with Crippen LogP contribution in [-0.2, 0) is 6.42 Å². The van der Waals surface area contributed by atoms with Crippen LogP contribution in [0.5, 0.6) is 0 Å². The zero-order chi connectivity index (χ0) is 15.9. The van der Waals surface area contributed by atoms with Crippen LogP contribution in [0.15, 0.2) is 29.4 Å². The van der Waals surface area contributed by atoms with Crippen molar-refractivity contribution in [2.45, 2.75) is 39.3 Å². The van der Waals surface area contributed by atoms with E-state index in [0.717, 1.165) is 37.7 Å². The van der Waals surface area contributed by atoms with Gasteiger partial charge < -0.3 is 10.6 Å². The van der Waals surface area contributed by atoms with Crippen molar-refractivity contribution in [3.8, 4) is 0 Å². The first kappa shape index (κ1) is 20.2. The first-order chi connectivity index (χ1) is 10.6. The van der Waals surface area contributed by atoms with Gasteiger partial charge in [-0.25, -0.2) is 0 Å². The standard InChI is InChI=1S/C17H29N5.HI/c1-13(2)22-11-14(3)16(12-22)21-17(18-4)20-10-8-15-7-5-6-9-19-15;/h5-7,9,13-14,16H,8,10-12H2,1-4H3,(H2,18,20,21);1H. The highest BCUT2D eigenvalue weighted by Gasteiger charge is 2.31. The largest absolute Gasteiger partial charge is 0.356 e. The lowest BCUT2D eigenvalue weighted by Gasteiger charge is -2.21. The molecule has 2 N–H and O–H groups in total. The van der Waals surface area contributed by atoms with E-state index >= 15 is 0 Å². The average molecular weight is 431 g/mol. The molecule has 1 aromatic rings. The van der Waals surface area contributed by atoms with Crippen LogP contribution in [0.25, 0.3) is 0 Å². The summed E-state index contributed by atoms with van der Waals surface area (Å²) in [7, 11) is 1.83. The summed E-state index contributed by atoms with van der Waals surface area (Å²) >= 11 is 0. The fraction of sp³-hybridized carbons (Fsp3) is 0.647. The van der Waals surface area contributed by atoms with E-state index in [4.69, 9.17) is 0 Å². The number of guanidine groups is 1. The van der Waals surface area contributed by atoms with Crippen LogP contribution in [0.4, 0.5) is 0 Å². The fourth-order valence-electron chi connectivity index (χ4n) is 2.84. The maximum absolute atomic E-state index is 4.34. The molecule has 1 aromatic heterocycles. The highest BCUT2D eigenvalue weighted by Crippen LogP contribution is 2.18. The van der Waals surface area contributed by atoms with Gasteiger partial charge in [0.05, 0.1) is 0 Å². The van der Waals surface area contributed by atoms with Crippen molar-refractivity contribution in [1.82, 2.24) is 20.5 Å². The van der Waals surface area contributed by atoms with Crippen molar-refractivity contribution in [1.29, 1.82) is 0 Å². The summed E-state index contributed by atoms with van der Waals surface area (Å²) in [6.07, 6.45) is 2.74. The molecular weight excluding hydrogens is 401 g/mol. The molecule has 2 atom stereocenters. The zero-order valence-corrected chi connectivity index (χ0v) is 17.0. The molecule has 0 saturated carbocycles. The van der Waals surface area contributed by atoms with Gasteiger partial charge in [-0.15, -0.1) is 24.0 Å². The molecule has 0 amide bonds. The van der Waals surface area contributed by atoms with Crippen LogP contribution in [0.1, 0.15) is 26.5 Å². The molecule has 0 spiro atoms. The van der Waals surface area contributed by atoms with Crippen LogP contribution in [0.2, 0.25) is 0 Å². The topological polar surface area (TPSA) is 52.6 Å². The molecule has 0 bridgehead atoms. The molecule has 2 rings (SSSR count). The summed E-state index contributed by atoms with van der Waals surface area (Å²) in [5.41, 5.74) is 1.10. The second kappa shape index (κ2) is 10.1. The normalized spacial score (nSPS) is 22.0. The molecule has 1 aliphatic heterocycles. The van der Waals surface area contributed by atoms with Gasteiger partial charge in [-0.1, -0.05) is 13.0 Å². The van der Waals surface area contributed by atoms with E-state index in [1.165, 1.54) is 0 Å². The quantitative estimate of drug-likeness (QED) is 0.426. The second-order valence-corrected chi connectivity index (χ2v) is 6.35. The summed E-state index contributed by atoms with van der Waals surface area (Å²) in [4.78, 5) is 11.2. The Balaban J connectivity index is 0.00000264. The average Bonchev–Trinajstić information content (AvgIpc) is 2.88. The van der Waals surface area contributed by atoms with Gasteiger partial charge in [-0.05, 0) is 31.9 Å². The van der Waals surface area contributed by atoms with Gasteiger partial charge >= 0.3 is 0 Å². The molecule has 0 radical (unpaired) electrons. The van der Waals surface area contributed by atoms with Gasteiger partial charge in [-0.3, -0.25) is 14.9 Å². The number of hydrogen-bond acceptors (Lipinski definition) is 3. The van der Waals surface area contributed by atoms with Gasteiger partial charge in [0.15, 0.2) is 5.96 Å². The highest BCUT2D eigenvalue weighted by molar-refractivity contribution is 14.0. The first-order valence-electron chi connectivity index (χ1n) is 8.21. The molecule has 2 heterocycles. The van der Waals surface area contributed by atoms with Crippen LogP contribution in [-0.4, -0.2) is 54.6 Å². The van der Waals surface area contributed by atoms with E-state index < -0.39 is 0 Å². The summed E-state index contributed by atoms with van der Waals surface area (Å²) in [5, 5.41) is 6.95. The minimum absolute atomic E-state index is 0. The van der Waals surface area contributed by atoms with Crippen LogP contribution in [0, 0.1) is 5.92 Å². The lowest BCUT2D eigenvalue weighted by Crippen LogP contribution is -2.47. The maximum atomic E-state index is 4.34. The minimum Gasteiger partial charge on any atom is -0.356 e. The molecule has 6 heteroatoms. The number of pyridine rings is 1. The number of likely N-dealkylation sites (tertiary alicyclic amines) is 1. The molecule has 1 fully saturated rings. The Labute approximate surface area is 157 Å². The molecule has 130 valence electrons. The number of aliphatic imine (C=N–C) groups is 1. The molecule has 5 nitrogen and oxygen atoms in total. The summed E-state index contributed by atoms with van der Waals surface area (Å²) in [6, 6.07) is 7.09. The Kier molecular flexibility index (Phi) is 8.83. The second-order valence-electron chi connectivity index (χ2n) is 6.35. The Bertz CT molecular complexity index is 477. The number of halogens is 1. The third kappa shape index (κ3) is 6.25. The molecule has 1 aliphatic rings. The highest BCUT2D eigenvalue weighted by atomic mass is 127. The molecule has 23 heavy (non-hydrogen) atoms. The van der Waals surface area contributed by atoms with Crippen molar-refractivity contribution < 1.29 is 0 Å². The van der Waals surface area contributed by atoms with Gasteiger partial charge in [0, 0.05) is 57.1 Å². The van der Waals surface area contributed by atoms with E-state index in [1.54, 1.807) is 0 Å². The van der Waals surface area contributed by atoms with Gasteiger partial charge in [0.25, 0.3) is 0 Å². The smallest absolute Gasteiger partial charge is 0.191 e. The maximum Gasteiger partial charge on any atom is 0.191 e. The Hall–Kier alpha value is -0.890. The van der Waals surface area contributed by atoms with Crippen molar-refractivity contribution in [2.24, 2.45) is 10.9 Å². The van der Waals surface area contributed by atoms with E-state index in [9.17, 15) is 0 Å². The number of rotatable bonds is 5. The predicted molar refractivity (Wildman–Crippen MR) is 108 cm³/mol. The summed E-state index contributed by atoms with van der Waals surface area (Å²) < 4.78 is 0. The van der Waals surface area contributed by atoms with E-state index in [2.05, 4.69) is 52.3 Å². The minimum atomic E-state index is 0. The SMILES string of the molecule is CN=C(NCCc1ccccn1)NC1CN(C(C)C)CC1C.I. The molecule has 1 saturated heterocycles. The van der Waals surface area contributed by atoms with Gasteiger partial charge in [0.2, 0.25) is 0 Å². The van der Waals surface area contributed by atoms with E-state index in [-0.39, 0.29) is 24.0 Å². The molecule has 2 unspecified atom stereocenters. The van der Waals surface area contributed by atoms with Gasteiger partial charge in [-0.2, -0.15) is 0 Å². The van der Waals surface area contributed by atoms with E-state index in [1.807, 2.05) is 25.4 Å². The lowest BCUT2D eigenvalue weighted by atomic mass is 10.1. The van der Waals surface area contributed by atoms with Crippen molar-refractivity contribution in [2.75, 3.05) is 26.7 Å². The Morgan fingerprint density at radius 2 is 2.17 bits per heavy atom. The third-order valence-corrected chi connectivity index (χ3v) is 4.32. The first-order valence-corrected chi connectivity index (χ1v) is 8.21. The monoisotopic (exact) mass is 431 g/mol. The van der Waals surface area contributed by atoms with Crippen LogP contribution >= 0.6 is 24.0 Å². The number of aromatic nitrogens is 1. The van der Waals surface area contributed by atoms with Crippen LogP contribution < -0.4 is 10.6 Å². The Morgan fingerprint density at radius 3 is 2.74 bits per heavy atom. The van der Waals surface area contributed by atoms with Crippen molar-refractivity contribution in [3.63, 3.8) is 0 Å². The zero-order valence-electron chi connectivity index (χ0n) is 14.6. The number of hydrogen-bond donors (Lipinski definition) is 2. The van der Waals surface area contributed by atoms with Gasteiger partial charge in [0.1, 0.15) is 0 Å². The Morgan fingerprint density at radius 1 is 1.39 bits per heavy atom. The lowest BCUT2D eigenvalue weighted by molar-refractivity contribution is 0.265. The molecule has 0 aromatic carbocycles. The van der Waals surface area contributed by atoms with E-state index in [0.29, 0.717) is 18.0 Å². The summed E-state index contributed by atoms with van der Waals surface area (Å²) in [6.45, 7) is 9.90. The van der Waals surface area contributed by atoms with Crippen LogP contribution in [0.3, 0.4) is 0 Å². The van der Waals surface area contributed by atoms with Crippen molar-refractivity contribution in [3.05, 3.63) is 30.1 Å². The molecular formula is C17H30IN5. The fourth-order valence-corrected chi connectivity index (χ4v) is 2.84. The molecule has 0 aliphatic carbocycles. The third-order valence-electron chi connectivity index (χ3n) is 4.32. The number of nitrogens with zero attached hydrogens (tertiary/aromatic N) is 3. The summed E-state index contributed by atoms with van der Waals surface area (Å²) in [5.74, 6) is 1.52. The predicted octanol–water partition coefficient (Wildman–Crippen LogP) is 2.14. The number of nitrogens with one attached hydrogen (secondary N) is 2.